The summed E-state index contributed by atoms with van der Waals surface area (Å²) in [4.78, 5) is 2.49. The second-order valence-corrected chi connectivity index (χ2v) is 3.51. The van der Waals surface area contributed by atoms with Crippen LogP contribution in [0.25, 0.3) is 0 Å². The highest BCUT2D eigenvalue weighted by atomic mass is 15.2. The summed E-state index contributed by atoms with van der Waals surface area (Å²) in [6.07, 6.45) is 2.21. The Kier molecular flexibility index (Phi) is 4.21. The molecule has 0 aromatic carbocycles. The summed E-state index contributed by atoms with van der Waals surface area (Å²) in [6, 6.07) is 2.22. The monoisotopic (exact) mass is 194 g/mol. The molecule has 2 nitrogen and oxygen atoms in total. The summed E-state index contributed by atoms with van der Waals surface area (Å²) in [5.74, 6) is 0. The largest absolute Gasteiger partial charge is 0.349 e. The highest BCUT2D eigenvalue weighted by Gasteiger charge is 2.15. The van der Waals surface area contributed by atoms with Gasteiger partial charge in [0, 0.05) is 31.5 Å². The van der Waals surface area contributed by atoms with E-state index in [1.54, 1.807) is 0 Å². The van der Waals surface area contributed by atoms with E-state index < -0.39 is 0 Å². The van der Waals surface area contributed by atoms with Gasteiger partial charge in [0.1, 0.15) is 0 Å². The Hall–Kier alpha value is -0.760. The van der Waals surface area contributed by atoms with Gasteiger partial charge < -0.3 is 4.57 Å². The van der Waals surface area contributed by atoms with E-state index in [4.69, 9.17) is 0 Å². The maximum atomic E-state index is 2.49. The number of likely N-dealkylation sites (N-methyl/N-ethyl adjacent to an activating group) is 1. The molecule has 0 aliphatic carbocycles. The highest BCUT2D eigenvalue weighted by molar-refractivity contribution is 5.21. The molecule has 0 unspecified atom stereocenters. The normalized spacial score (nSPS) is 15.7. The van der Waals surface area contributed by atoms with Crippen LogP contribution in [-0.4, -0.2) is 22.6 Å². The van der Waals surface area contributed by atoms with Crippen molar-refractivity contribution in [1.82, 2.24) is 9.47 Å². The van der Waals surface area contributed by atoms with Crippen LogP contribution in [0.3, 0.4) is 0 Å². The molecule has 80 valence electrons. The lowest BCUT2D eigenvalue weighted by atomic mass is 10.2. The van der Waals surface area contributed by atoms with Crippen molar-refractivity contribution < 1.29 is 0 Å². The molecular weight excluding hydrogens is 172 g/mol. The molecule has 0 amide bonds. The molecule has 1 aliphatic heterocycles. The van der Waals surface area contributed by atoms with E-state index in [1.165, 1.54) is 24.3 Å². The molecule has 0 atom stereocenters. The molecule has 0 spiro atoms. The van der Waals surface area contributed by atoms with Gasteiger partial charge in [-0.2, -0.15) is 0 Å². The van der Waals surface area contributed by atoms with Crippen LogP contribution in [0.5, 0.6) is 0 Å². The number of rotatable bonds is 1. The zero-order valence-corrected chi connectivity index (χ0v) is 9.88. The van der Waals surface area contributed by atoms with Crippen LogP contribution in [0.15, 0.2) is 12.3 Å². The molecule has 0 fully saturated rings. The van der Waals surface area contributed by atoms with Gasteiger partial charge in [0.15, 0.2) is 0 Å². The molecule has 0 saturated heterocycles. The van der Waals surface area contributed by atoms with Crippen LogP contribution < -0.4 is 0 Å². The van der Waals surface area contributed by atoms with Crippen LogP contribution in [0.1, 0.15) is 32.0 Å². The lowest BCUT2D eigenvalue weighted by Gasteiger charge is -2.27. The smallest absolute Gasteiger partial charge is 0.0390 e. The molecule has 14 heavy (non-hydrogen) atoms. The predicted molar refractivity (Wildman–Crippen MR) is 61.5 cm³/mol. The molecular formula is C12H22N2. The molecule has 0 saturated carbocycles. The quantitative estimate of drug-likeness (QED) is 0.667. The van der Waals surface area contributed by atoms with E-state index in [0.717, 1.165) is 13.1 Å². The van der Waals surface area contributed by atoms with Gasteiger partial charge in [-0.1, -0.05) is 20.8 Å². The van der Waals surface area contributed by atoms with Crippen LogP contribution >= 0.6 is 0 Å². The van der Waals surface area contributed by atoms with Crippen LogP contribution in [0, 0.1) is 6.92 Å². The Morgan fingerprint density at radius 3 is 2.64 bits per heavy atom. The lowest BCUT2D eigenvalue weighted by Crippen LogP contribution is -2.33. The molecule has 2 heteroatoms. The van der Waals surface area contributed by atoms with Crippen molar-refractivity contribution in [1.29, 1.82) is 0 Å². The third kappa shape index (κ3) is 2.18. The van der Waals surface area contributed by atoms with Gasteiger partial charge in [-0.3, -0.25) is 4.90 Å². The zero-order chi connectivity index (χ0) is 10.6. The summed E-state index contributed by atoms with van der Waals surface area (Å²) in [5.41, 5.74) is 2.94. The second kappa shape index (κ2) is 5.20. The SMILES string of the molecule is CC.CCN1CCn2ccc(C)c2C1. The molecule has 1 aromatic rings. The lowest BCUT2D eigenvalue weighted by molar-refractivity contribution is 0.232. The first-order valence-corrected chi connectivity index (χ1v) is 5.68. The maximum Gasteiger partial charge on any atom is 0.0390 e. The molecule has 0 N–H and O–H groups in total. The van der Waals surface area contributed by atoms with E-state index >= 15 is 0 Å². The summed E-state index contributed by atoms with van der Waals surface area (Å²) >= 11 is 0. The van der Waals surface area contributed by atoms with Crippen LogP contribution in [0.4, 0.5) is 0 Å². The number of aryl methyl sites for hydroxylation is 1. The van der Waals surface area contributed by atoms with Crippen molar-refractivity contribution in [3.05, 3.63) is 23.5 Å². The first-order chi connectivity index (χ1) is 6.81. The molecule has 2 rings (SSSR count). The van der Waals surface area contributed by atoms with Crippen LogP contribution in [-0.2, 0) is 13.1 Å². The Morgan fingerprint density at radius 1 is 1.29 bits per heavy atom. The number of nitrogens with zero attached hydrogens (tertiary/aromatic N) is 2. The van der Waals surface area contributed by atoms with Gasteiger partial charge >= 0.3 is 0 Å². The van der Waals surface area contributed by atoms with E-state index in [2.05, 4.69) is 35.6 Å². The van der Waals surface area contributed by atoms with Gasteiger partial charge in [-0.05, 0) is 25.1 Å². The summed E-state index contributed by atoms with van der Waals surface area (Å²) in [5, 5.41) is 0. The number of fused-ring (bicyclic) bond motifs is 1. The van der Waals surface area contributed by atoms with Crippen LogP contribution in [0.2, 0.25) is 0 Å². The van der Waals surface area contributed by atoms with E-state index in [9.17, 15) is 0 Å². The highest BCUT2D eigenvalue weighted by Crippen LogP contribution is 2.16. The maximum absolute atomic E-state index is 2.49. The van der Waals surface area contributed by atoms with Gasteiger partial charge in [0.25, 0.3) is 0 Å². The van der Waals surface area contributed by atoms with Crippen molar-refractivity contribution in [3.8, 4) is 0 Å². The van der Waals surface area contributed by atoms with Gasteiger partial charge in [0.2, 0.25) is 0 Å². The summed E-state index contributed by atoms with van der Waals surface area (Å²) in [6.45, 7) is 13.1. The number of hydrogen-bond acceptors (Lipinski definition) is 1. The van der Waals surface area contributed by atoms with E-state index in [0.29, 0.717) is 0 Å². The molecule has 1 aromatic heterocycles. The van der Waals surface area contributed by atoms with Crippen molar-refractivity contribution in [2.45, 2.75) is 40.8 Å². The molecule has 2 heterocycles. The average Bonchev–Trinajstić information content (AvgIpc) is 2.63. The fourth-order valence-electron chi connectivity index (χ4n) is 1.85. The summed E-state index contributed by atoms with van der Waals surface area (Å²) < 4.78 is 2.38. The Morgan fingerprint density at radius 2 is 2.00 bits per heavy atom. The first kappa shape index (κ1) is 11.3. The average molecular weight is 194 g/mol. The predicted octanol–water partition coefficient (Wildman–Crippen LogP) is 2.66. The topological polar surface area (TPSA) is 8.17 Å². The fraction of sp³-hybridized carbons (Fsp3) is 0.667. The van der Waals surface area contributed by atoms with Crippen molar-refractivity contribution >= 4 is 0 Å². The minimum absolute atomic E-state index is 1.13. The van der Waals surface area contributed by atoms with Gasteiger partial charge in [-0.15, -0.1) is 0 Å². The van der Waals surface area contributed by atoms with E-state index in [-0.39, 0.29) is 0 Å². The number of aromatic nitrogens is 1. The minimum Gasteiger partial charge on any atom is -0.349 e. The van der Waals surface area contributed by atoms with Crippen molar-refractivity contribution in [2.24, 2.45) is 0 Å². The Balaban J connectivity index is 0.000000461. The van der Waals surface area contributed by atoms with E-state index in [1.807, 2.05) is 13.8 Å². The fourth-order valence-corrected chi connectivity index (χ4v) is 1.85. The van der Waals surface area contributed by atoms with Crippen molar-refractivity contribution in [3.63, 3.8) is 0 Å². The summed E-state index contributed by atoms with van der Waals surface area (Å²) in [7, 11) is 0. The molecule has 0 radical (unpaired) electrons. The Bertz CT molecular complexity index is 276. The standard InChI is InChI=1S/C10H16N2.C2H6/c1-3-11-6-7-12-5-4-9(2)10(12)8-11;1-2/h4-5H,3,6-8H2,1-2H3;1-2H3. The minimum atomic E-state index is 1.13. The number of hydrogen-bond donors (Lipinski definition) is 0. The third-order valence-corrected chi connectivity index (χ3v) is 2.78. The Labute approximate surface area is 87.5 Å². The van der Waals surface area contributed by atoms with Crippen molar-refractivity contribution in [2.75, 3.05) is 13.1 Å². The zero-order valence-electron chi connectivity index (χ0n) is 9.88. The molecule has 0 bridgehead atoms. The second-order valence-electron chi connectivity index (χ2n) is 3.51. The van der Waals surface area contributed by atoms with Gasteiger partial charge in [-0.25, -0.2) is 0 Å². The molecule has 1 aliphatic rings. The van der Waals surface area contributed by atoms with Gasteiger partial charge in [0.05, 0.1) is 0 Å². The first-order valence-electron chi connectivity index (χ1n) is 5.68. The third-order valence-electron chi connectivity index (χ3n) is 2.78.